The summed E-state index contributed by atoms with van der Waals surface area (Å²) in [5.41, 5.74) is 7.32. The van der Waals surface area contributed by atoms with Crippen molar-refractivity contribution in [3.8, 4) is 11.4 Å². The van der Waals surface area contributed by atoms with Crippen molar-refractivity contribution in [2.24, 2.45) is 5.73 Å². The van der Waals surface area contributed by atoms with Crippen LogP contribution in [0, 0.1) is 12.7 Å². The molecule has 0 bridgehead atoms. The number of rotatable bonds is 2. The van der Waals surface area contributed by atoms with Crippen molar-refractivity contribution in [2.45, 2.75) is 51.0 Å². The molecule has 3 rings (SSSR count). The highest BCUT2D eigenvalue weighted by molar-refractivity contribution is 5.55. The third-order valence-electron chi connectivity index (χ3n) is 4.61. The average molecular weight is 289 g/mol. The van der Waals surface area contributed by atoms with Crippen LogP contribution in [0.4, 0.5) is 4.39 Å². The molecule has 2 atom stereocenters. The lowest BCUT2D eigenvalue weighted by Crippen LogP contribution is -2.45. The van der Waals surface area contributed by atoms with E-state index in [1.54, 1.807) is 19.1 Å². The third kappa shape index (κ3) is 2.46. The van der Waals surface area contributed by atoms with Crippen LogP contribution in [0.15, 0.2) is 22.7 Å². The van der Waals surface area contributed by atoms with Crippen molar-refractivity contribution in [1.82, 2.24) is 10.1 Å². The van der Waals surface area contributed by atoms with Gasteiger partial charge in [-0.15, -0.1) is 0 Å². The number of nitrogens with two attached hydrogens (primary N) is 1. The maximum absolute atomic E-state index is 13.3. The Labute approximate surface area is 123 Å². The number of hydrogen-bond donors (Lipinski definition) is 1. The molecule has 2 aromatic rings. The first-order valence-corrected chi connectivity index (χ1v) is 7.37. The fraction of sp³-hybridized carbons (Fsp3) is 0.500. The van der Waals surface area contributed by atoms with Crippen molar-refractivity contribution < 1.29 is 8.91 Å². The predicted molar refractivity (Wildman–Crippen MR) is 78.2 cm³/mol. The van der Waals surface area contributed by atoms with Crippen molar-refractivity contribution in [1.29, 1.82) is 0 Å². The first-order chi connectivity index (χ1) is 10.0. The molecule has 0 saturated heterocycles. The molecule has 21 heavy (non-hydrogen) atoms. The topological polar surface area (TPSA) is 64.9 Å². The molecule has 1 aliphatic carbocycles. The third-order valence-corrected chi connectivity index (χ3v) is 4.61. The molecule has 4 nitrogen and oxygen atoms in total. The van der Waals surface area contributed by atoms with Crippen LogP contribution in [0.2, 0.25) is 0 Å². The van der Waals surface area contributed by atoms with Gasteiger partial charge in [0, 0.05) is 11.6 Å². The quantitative estimate of drug-likeness (QED) is 0.920. The van der Waals surface area contributed by atoms with E-state index in [-0.39, 0.29) is 17.3 Å². The second-order valence-corrected chi connectivity index (χ2v) is 6.16. The molecular formula is C16H20FN3O. The molecule has 1 aromatic heterocycles. The average Bonchev–Trinajstić information content (AvgIpc) is 2.95. The second kappa shape index (κ2) is 5.22. The lowest BCUT2D eigenvalue weighted by molar-refractivity contribution is 0.203. The summed E-state index contributed by atoms with van der Waals surface area (Å²) in [6, 6.07) is 4.86. The Hall–Kier alpha value is -1.75. The van der Waals surface area contributed by atoms with E-state index in [4.69, 9.17) is 10.3 Å². The van der Waals surface area contributed by atoms with E-state index in [0.717, 1.165) is 31.2 Å². The van der Waals surface area contributed by atoms with Crippen LogP contribution in [-0.2, 0) is 5.41 Å². The molecule has 0 amide bonds. The zero-order valence-electron chi connectivity index (χ0n) is 12.4. The van der Waals surface area contributed by atoms with Crippen LogP contribution in [-0.4, -0.2) is 16.2 Å². The summed E-state index contributed by atoms with van der Waals surface area (Å²) in [6.07, 6.45) is 4.20. The van der Waals surface area contributed by atoms with Crippen molar-refractivity contribution in [3.05, 3.63) is 35.5 Å². The maximum Gasteiger partial charge on any atom is 0.234 e. The maximum atomic E-state index is 13.3. The highest BCUT2D eigenvalue weighted by Crippen LogP contribution is 2.38. The first-order valence-electron chi connectivity index (χ1n) is 7.37. The van der Waals surface area contributed by atoms with Gasteiger partial charge in [0.05, 0.1) is 5.41 Å². The van der Waals surface area contributed by atoms with Gasteiger partial charge in [0.1, 0.15) is 5.82 Å². The number of hydrogen-bond acceptors (Lipinski definition) is 4. The molecule has 1 fully saturated rings. The second-order valence-electron chi connectivity index (χ2n) is 6.16. The molecule has 1 heterocycles. The minimum atomic E-state index is -0.265. The van der Waals surface area contributed by atoms with Gasteiger partial charge >= 0.3 is 0 Å². The molecule has 2 unspecified atom stereocenters. The summed E-state index contributed by atoms with van der Waals surface area (Å²) in [5.74, 6) is 0.850. The summed E-state index contributed by atoms with van der Waals surface area (Å²) in [4.78, 5) is 4.52. The molecule has 1 saturated carbocycles. The van der Waals surface area contributed by atoms with Crippen molar-refractivity contribution in [2.75, 3.05) is 0 Å². The van der Waals surface area contributed by atoms with Crippen LogP contribution in [0.5, 0.6) is 0 Å². The summed E-state index contributed by atoms with van der Waals surface area (Å²) in [6.45, 7) is 3.81. The Balaban J connectivity index is 1.94. The van der Waals surface area contributed by atoms with E-state index in [1.165, 1.54) is 6.07 Å². The molecule has 1 aliphatic rings. The van der Waals surface area contributed by atoms with Crippen LogP contribution < -0.4 is 5.73 Å². The lowest BCUT2D eigenvalue weighted by atomic mass is 9.72. The largest absolute Gasteiger partial charge is 0.338 e. The molecule has 2 N–H and O–H groups in total. The van der Waals surface area contributed by atoms with Gasteiger partial charge in [-0.1, -0.05) is 18.0 Å². The van der Waals surface area contributed by atoms with Crippen molar-refractivity contribution in [3.63, 3.8) is 0 Å². The minimum Gasteiger partial charge on any atom is -0.338 e. The van der Waals surface area contributed by atoms with E-state index in [9.17, 15) is 4.39 Å². The summed E-state index contributed by atoms with van der Waals surface area (Å²) < 4.78 is 18.8. The standard InChI is InChI=1S/C16H20FN3O/c1-10-9-11(6-7-12(10)17)14-19-15(21-20-14)16(2)8-4-3-5-13(16)18/h6-7,9,13H,3-5,8,18H2,1-2H3. The molecule has 0 aliphatic heterocycles. The Morgan fingerprint density at radius 3 is 2.90 bits per heavy atom. The zero-order chi connectivity index (χ0) is 15.0. The number of aromatic nitrogens is 2. The Morgan fingerprint density at radius 1 is 1.38 bits per heavy atom. The highest BCUT2D eigenvalue weighted by Gasteiger charge is 2.40. The van der Waals surface area contributed by atoms with E-state index in [0.29, 0.717) is 17.3 Å². The van der Waals surface area contributed by atoms with Gasteiger partial charge in [-0.05, 0) is 50.5 Å². The Morgan fingerprint density at radius 2 is 2.19 bits per heavy atom. The monoisotopic (exact) mass is 289 g/mol. The van der Waals surface area contributed by atoms with Crippen LogP contribution in [0.3, 0.4) is 0 Å². The van der Waals surface area contributed by atoms with E-state index < -0.39 is 0 Å². The number of halogens is 1. The molecule has 5 heteroatoms. The fourth-order valence-corrected chi connectivity index (χ4v) is 2.98. The SMILES string of the molecule is Cc1cc(-c2noc(C3(C)CCCCC3N)n2)ccc1F. The van der Waals surface area contributed by atoms with Gasteiger partial charge in [-0.2, -0.15) is 4.98 Å². The van der Waals surface area contributed by atoms with Crippen molar-refractivity contribution >= 4 is 0 Å². The molecule has 0 radical (unpaired) electrons. The minimum absolute atomic E-state index is 0.0366. The molecule has 1 aromatic carbocycles. The number of aryl methyl sites for hydroxylation is 1. The molecule has 0 spiro atoms. The fourth-order valence-electron chi connectivity index (χ4n) is 2.98. The predicted octanol–water partition coefficient (Wildman–Crippen LogP) is 3.34. The number of benzene rings is 1. The van der Waals surface area contributed by atoms with Gasteiger partial charge in [0.25, 0.3) is 0 Å². The van der Waals surface area contributed by atoms with E-state index in [2.05, 4.69) is 17.1 Å². The molecular weight excluding hydrogens is 269 g/mol. The van der Waals surface area contributed by atoms with Gasteiger partial charge in [-0.25, -0.2) is 4.39 Å². The first kappa shape index (κ1) is 14.2. The van der Waals surface area contributed by atoms with Crippen LogP contribution in [0.1, 0.15) is 44.1 Å². The summed E-state index contributed by atoms with van der Waals surface area (Å²) in [5, 5.41) is 4.05. The van der Waals surface area contributed by atoms with Gasteiger partial charge in [0.15, 0.2) is 0 Å². The van der Waals surface area contributed by atoms with E-state index in [1.807, 2.05) is 0 Å². The van der Waals surface area contributed by atoms with Crippen LogP contribution >= 0.6 is 0 Å². The Bertz CT molecular complexity index is 655. The Kier molecular flexibility index (Phi) is 3.53. The van der Waals surface area contributed by atoms with Gasteiger partial charge < -0.3 is 10.3 Å². The lowest BCUT2D eigenvalue weighted by Gasteiger charge is -2.35. The summed E-state index contributed by atoms with van der Waals surface area (Å²) in [7, 11) is 0. The number of nitrogens with zero attached hydrogens (tertiary/aromatic N) is 2. The van der Waals surface area contributed by atoms with E-state index >= 15 is 0 Å². The highest BCUT2D eigenvalue weighted by atomic mass is 19.1. The zero-order valence-corrected chi connectivity index (χ0v) is 12.4. The van der Waals surface area contributed by atoms with Gasteiger partial charge in [0.2, 0.25) is 11.7 Å². The van der Waals surface area contributed by atoms with Gasteiger partial charge in [-0.3, -0.25) is 0 Å². The smallest absolute Gasteiger partial charge is 0.234 e. The molecule has 112 valence electrons. The van der Waals surface area contributed by atoms with Crippen LogP contribution in [0.25, 0.3) is 11.4 Å². The normalized spacial score (nSPS) is 26.0. The summed E-state index contributed by atoms with van der Waals surface area (Å²) >= 11 is 0.